The van der Waals surface area contributed by atoms with Crippen molar-refractivity contribution in [3.8, 4) is 34.2 Å². The molecule has 0 amide bonds. The Morgan fingerprint density at radius 1 is 0.348 bits per heavy atom. The van der Waals surface area contributed by atoms with Gasteiger partial charge in [0.05, 0.1) is 0 Å². The second-order valence-corrected chi connectivity index (χ2v) is 12.5. The van der Waals surface area contributed by atoms with Crippen LogP contribution < -0.4 is 66.3 Å². The standard InChI is InChI=1S/3C11H5F6N2.C7H8.Fe.K/c3*12-10(13,14)6-5-8(11(15,16)17)19-9(6)7-3-1-2-4-18-7;1-7-5-3-2-4-6-7;;/h3*1-5H;2-6H,1H3;;/q3*-1;;+2;+1. The number of alkyl halides is 18. The van der Waals surface area contributed by atoms with E-state index in [1.807, 2.05) is 18.2 Å². The zero-order chi connectivity index (χ0) is 47.9. The first-order chi connectivity index (χ1) is 29.5. The molecule has 6 aromatic heterocycles. The molecule has 6 nitrogen and oxygen atoms in total. The minimum atomic E-state index is -4.94. The molecule has 0 fully saturated rings. The SMILES string of the molecule is Cc1ccccc1.FC(F)(F)c1cc(C(F)(F)F)c(-c2ccccn2)[n-]1.FC(F)(F)c1cc(C(F)(F)F)c(-c2ccccn2)[n-]1.FC(F)(F)c1cc(C(F)(F)F)c(-c2ccccn2)[n-]1.[Fe+2].[K+]. The maximum absolute atomic E-state index is 12.7. The van der Waals surface area contributed by atoms with Gasteiger partial charge in [-0.3, -0.25) is 15.0 Å². The zero-order valence-corrected chi connectivity index (χ0v) is 37.1. The van der Waals surface area contributed by atoms with Crippen molar-refractivity contribution in [2.45, 2.75) is 44.0 Å². The van der Waals surface area contributed by atoms with Gasteiger partial charge in [0.2, 0.25) is 0 Å². The average molecular weight is 1020 g/mol. The number of aromatic nitrogens is 6. The maximum atomic E-state index is 12.7. The fraction of sp³-hybridized carbons (Fsp3) is 0.175. The van der Waals surface area contributed by atoms with Crippen LogP contribution in [0.2, 0.25) is 0 Å². The Kier molecular flexibility index (Phi) is 20.0. The molecule has 0 aliphatic rings. The van der Waals surface area contributed by atoms with Gasteiger partial charge in [-0.25, -0.2) is 0 Å². The van der Waals surface area contributed by atoms with Gasteiger partial charge < -0.3 is 15.0 Å². The van der Waals surface area contributed by atoms with Crippen molar-refractivity contribution in [1.29, 1.82) is 0 Å². The van der Waals surface area contributed by atoms with Crippen LogP contribution in [-0.2, 0) is 54.1 Å². The maximum Gasteiger partial charge on any atom is 2.00 e. The topological polar surface area (TPSA) is 81.0 Å². The number of pyridine rings is 3. The quantitative estimate of drug-likeness (QED) is 0.130. The Labute approximate surface area is 413 Å². The van der Waals surface area contributed by atoms with E-state index in [0.717, 1.165) is 18.2 Å². The fourth-order valence-electron chi connectivity index (χ4n) is 4.97. The van der Waals surface area contributed by atoms with E-state index in [2.05, 4.69) is 49.0 Å². The molecule has 0 spiro atoms. The minimum Gasteiger partial charge on any atom is -0.652 e. The third kappa shape index (κ3) is 16.3. The molecule has 1 aromatic carbocycles. The van der Waals surface area contributed by atoms with Crippen molar-refractivity contribution in [2.24, 2.45) is 0 Å². The van der Waals surface area contributed by atoms with Gasteiger partial charge in [-0.2, -0.15) is 79.0 Å². The van der Waals surface area contributed by atoms with Gasteiger partial charge in [-0.1, -0.05) is 106 Å². The summed E-state index contributed by atoms with van der Waals surface area (Å²) in [7, 11) is 0. The Morgan fingerprint density at radius 2 is 0.591 bits per heavy atom. The molecule has 0 bridgehead atoms. The summed E-state index contributed by atoms with van der Waals surface area (Å²) in [4.78, 5) is 19.8. The van der Waals surface area contributed by atoms with Gasteiger partial charge in [0.1, 0.15) is 0 Å². The predicted molar refractivity (Wildman–Crippen MR) is 190 cm³/mol. The molecule has 26 heteroatoms. The minimum absolute atomic E-state index is 0. The molecule has 0 atom stereocenters. The van der Waals surface area contributed by atoms with Crippen LogP contribution in [0.3, 0.4) is 0 Å². The van der Waals surface area contributed by atoms with Crippen LogP contribution >= 0.6 is 0 Å². The van der Waals surface area contributed by atoms with E-state index in [1.165, 1.54) is 60.6 Å². The number of aryl methyl sites for hydroxylation is 1. The van der Waals surface area contributed by atoms with Gasteiger partial charge in [0.15, 0.2) is 0 Å². The Morgan fingerprint density at radius 3 is 0.758 bits per heavy atom. The largest absolute Gasteiger partial charge is 2.00 e. The number of hydrogen-bond donors (Lipinski definition) is 0. The first-order valence-corrected chi connectivity index (χ1v) is 17.2. The summed E-state index contributed by atoms with van der Waals surface area (Å²) in [6, 6.07) is 22.1. The van der Waals surface area contributed by atoms with Gasteiger partial charge in [-0.05, 0) is 43.3 Å². The van der Waals surface area contributed by atoms with Crippen LogP contribution in [0.4, 0.5) is 79.0 Å². The number of halogens is 18. The average Bonchev–Trinajstić information content (AvgIpc) is 3.98. The molecule has 66 heavy (non-hydrogen) atoms. The molecule has 0 saturated heterocycles. The molecule has 7 aromatic rings. The van der Waals surface area contributed by atoms with Crippen LogP contribution in [0, 0.1) is 6.92 Å². The van der Waals surface area contributed by atoms with Crippen molar-refractivity contribution < 1.29 is 147 Å². The molecule has 0 radical (unpaired) electrons. The van der Waals surface area contributed by atoms with Gasteiger partial charge in [-0.15, -0.1) is 0 Å². The number of nitrogens with zero attached hydrogens (tertiary/aromatic N) is 6. The van der Waals surface area contributed by atoms with E-state index >= 15 is 0 Å². The zero-order valence-electron chi connectivity index (χ0n) is 32.9. The first kappa shape index (κ1) is 57.5. The normalized spacial score (nSPS) is 11.9. The molecule has 0 aliphatic carbocycles. The van der Waals surface area contributed by atoms with E-state index in [9.17, 15) is 79.0 Å². The van der Waals surface area contributed by atoms with Crippen LogP contribution in [0.1, 0.15) is 39.3 Å². The van der Waals surface area contributed by atoms with Crippen molar-refractivity contribution in [2.75, 3.05) is 0 Å². The molecule has 0 unspecified atom stereocenters. The third-order valence-corrected chi connectivity index (χ3v) is 7.76. The summed E-state index contributed by atoms with van der Waals surface area (Å²) >= 11 is 0. The summed E-state index contributed by atoms with van der Waals surface area (Å²) in [6.07, 6.45) is -26.1. The molecular weight excluding hydrogens is 1000 g/mol. The Balaban J connectivity index is 0.000000312. The first-order valence-electron chi connectivity index (χ1n) is 17.2. The summed E-state index contributed by atoms with van der Waals surface area (Å²) in [6.45, 7) is 2.08. The predicted octanol–water partition coefficient (Wildman–Crippen LogP) is 10.2. The van der Waals surface area contributed by atoms with E-state index in [4.69, 9.17) is 0 Å². The molecule has 7 rings (SSSR count). The summed E-state index contributed by atoms with van der Waals surface area (Å²) in [5.41, 5.74) is -11.0. The van der Waals surface area contributed by atoms with Crippen LogP contribution in [0.15, 0.2) is 122 Å². The number of benzene rings is 1. The Bertz CT molecular complexity index is 2280. The molecular formula is C40H23F18FeKN6. The van der Waals surface area contributed by atoms with Gasteiger partial charge in [0.25, 0.3) is 0 Å². The molecule has 6 heterocycles. The third-order valence-electron chi connectivity index (χ3n) is 7.76. The van der Waals surface area contributed by atoms with Crippen molar-refractivity contribution >= 4 is 0 Å². The van der Waals surface area contributed by atoms with E-state index in [0.29, 0.717) is 0 Å². The molecule has 0 saturated carbocycles. The fourth-order valence-corrected chi connectivity index (χ4v) is 4.97. The summed E-state index contributed by atoms with van der Waals surface area (Å²) < 4.78 is 226. The van der Waals surface area contributed by atoms with Gasteiger partial charge in [0, 0.05) is 52.4 Å². The van der Waals surface area contributed by atoms with Crippen molar-refractivity contribution in [1.82, 2.24) is 29.9 Å². The van der Waals surface area contributed by atoms with Crippen LogP contribution in [0.5, 0.6) is 0 Å². The van der Waals surface area contributed by atoms with Crippen LogP contribution in [0.25, 0.3) is 34.2 Å². The van der Waals surface area contributed by atoms with E-state index in [-0.39, 0.29) is 104 Å². The van der Waals surface area contributed by atoms with Crippen molar-refractivity contribution in [3.05, 3.63) is 161 Å². The van der Waals surface area contributed by atoms with E-state index < -0.39 is 87.9 Å². The van der Waals surface area contributed by atoms with Crippen LogP contribution in [-0.4, -0.2) is 15.0 Å². The Hall–Kier alpha value is -4.59. The number of hydrogen-bond acceptors (Lipinski definition) is 3. The second kappa shape index (κ2) is 22.9. The van der Waals surface area contributed by atoms with Gasteiger partial charge >= 0.3 is 106 Å². The summed E-state index contributed by atoms with van der Waals surface area (Å²) in [5.74, 6) is 0. The smallest absolute Gasteiger partial charge is 0.652 e. The summed E-state index contributed by atoms with van der Waals surface area (Å²) in [5, 5.41) is 0. The van der Waals surface area contributed by atoms with Crippen molar-refractivity contribution in [3.63, 3.8) is 0 Å². The number of rotatable bonds is 3. The molecule has 348 valence electrons. The molecule has 0 aliphatic heterocycles. The second-order valence-electron chi connectivity index (χ2n) is 12.5. The van der Waals surface area contributed by atoms with E-state index in [1.54, 1.807) is 0 Å². The monoisotopic (exact) mass is 1020 g/mol. The molecule has 0 N–H and O–H groups in total.